The first-order chi connectivity index (χ1) is 7.07. The number of carboxylic acid groups (broad SMARTS) is 1. The fourth-order valence-corrected chi connectivity index (χ4v) is 1.10. The van der Waals surface area contributed by atoms with Gasteiger partial charge in [-0.3, -0.25) is 9.78 Å². The number of hydrogen-bond donors (Lipinski definition) is 1. The second-order valence-electron chi connectivity index (χ2n) is 3.05. The normalized spacial score (nSPS) is 9.73. The molecule has 5 heteroatoms. The Morgan fingerprint density at radius 3 is 2.67 bits per heavy atom. The topological polar surface area (TPSA) is 70.5 Å². The summed E-state index contributed by atoms with van der Waals surface area (Å²) in [6.07, 6.45) is 2.59. The summed E-state index contributed by atoms with van der Waals surface area (Å²) in [5.74, 6) is -1.45. The Morgan fingerprint density at radius 1 is 1.47 bits per heavy atom. The van der Waals surface area contributed by atoms with Gasteiger partial charge in [0.15, 0.2) is 0 Å². The van der Waals surface area contributed by atoms with Crippen LogP contribution < -0.4 is 0 Å². The lowest BCUT2D eigenvalue weighted by atomic mass is 10.1. The summed E-state index contributed by atoms with van der Waals surface area (Å²) in [7, 11) is 1.62. The predicted octanol–water partition coefficient (Wildman–Crippen LogP) is 0.872. The van der Waals surface area contributed by atoms with Gasteiger partial charge in [-0.05, 0) is 13.0 Å². The number of carbonyl (C=O) groups excluding carboxylic acids is 1. The van der Waals surface area contributed by atoms with Crippen LogP contribution >= 0.6 is 0 Å². The SMILES string of the molecule is CCN(C)C(=O)c1ccncc1C(=O)O. The molecule has 0 fully saturated rings. The van der Waals surface area contributed by atoms with E-state index in [0.717, 1.165) is 0 Å². The zero-order valence-corrected chi connectivity index (χ0v) is 8.60. The van der Waals surface area contributed by atoms with Crippen LogP contribution in [0.4, 0.5) is 0 Å². The zero-order valence-electron chi connectivity index (χ0n) is 8.60. The summed E-state index contributed by atoms with van der Waals surface area (Å²) < 4.78 is 0. The van der Waals surface area contributed by atoms with E-state index >= 15 is 0 Å². The van der Waals surface area contributed by atoms with Crippen molar-refractivity contribution in [1.82, 2.24) is 9.88 Å². The van der Waals surface area contributed by atoms with Gasteiger partial charge in [0.05, 0.1) is 11.1 Å². The molecule has 5 nitrogen and oxygen atoms in total. The second-order valence-corrected chi connectivity index (χ2v) is 3.05. The van der Waals surface area contributed by atoms with Crippen LogP contribution in [0.25, 0.3) is 0 Å². The van der Waals surface area contributed by atoms with Crippen LogP contribution in [0.15, 0.2) is 18.5 Å². The third kappa shape index (κ3) is 2.31. The number of carbonyl (C=O) groups is 2. The highest BCUT2D eigenvalue weighted by atomic mass is 16.4. The molecule has 15 heavy (non-hydrogen) atoms. The molecule has 1 rings (SSSR count). The van der Waals surface area contributed by atoms with E-state index in [1.807, 2.05) is 6.92 Å². The van der Waals surface area contributed by atoms with Crippen molar-refractivity contribution in [2.45, 2.75) is 6.92 Å². The first-order valence-corrected chi connectivity index (χ1v) is 4.50. The Hall–Kier alpha value is -1.91. The minimum absolute atomic E-state index is 0.0669. The molecule has 0 spiro atoms. The fourth-order valence-electron chi connectivity index (χ4n) is 1.10. The summed E-state index contributed by atoms with van der Waals surface area (Å²) in [6, 6.07) is 1.41. The van der Waals surface area contributed by atoms with Crippen LogP contribution in [-0.2, 0) is 0 Å². The molecule has 1 amide bonds. The highest BCUT2D eigenvalue weighted by Crippen LogP contribution is 2.09. The molecule has 0 aliphatic heterocycles. The molecule has 1 aromatic rings. The van der Waals surface area contributed by atoms with Crippen molar-refractivity contribution in [3.05, 3.63) is 29.6 Å². The van der Waals surface area contributed by atoms with Crippen molar-refractivity contribution in [3.8, 4) is 0 Å². The van der Waals surface area contributed by atoms with Gasteiger partial charge in [0.25, 0.3) is 5.91 Å². The molecule has 1 heterocycles. The average molecular weight is 208 g/mol. The minimum Gasteiger partial charge on any atom is -0.478 e. The van der Waals surface area contributed by atoms with E-state index in [1.54, 1.807) is 7.05 Å². The van der Waals surface area contributed by atoms with Crippen molar-refractivity contribution >= 4 is 11.9 Å². The van der Waals surface area contributed by atoms with E-state index in [0.29, 0.717) is 6.54 Å². The van der Waals surface area contributed by atoms with E-state index in [2.05, 4.69) is 4.98 Å². The highest BCUT2D eigenvalue weighted by Gasteiger charge is 2.18. The third-order valence-corrected chi connectivity index (χ3v) is 2.10. The second kappa shape index (κ2) is 4.54. The van der Waals surface area contributed by atoms with Gasteiger partial charge in [-0.15, -0.1) is 0 Å². The van der Waals surface area contributed by atoms with Crippen LogP contribution in [0, 0.1) is 0 Å². The lowest BCUT2D eigenvalue weighted by Crippen LogP contribution is -2.27. The molecule has 0 saturated carbocycles. The Labute approximate surface area is 87.4 Å². The number of amides is 1. The van der Waals surface area contributed by atoms with Crippen molar-refractivity contribution < 1.29 is 14.7 Å². The molecular weight excluding hydrogens is 196 g/mol. The predicted molar refractivity (Wildman–Crippen MR) is 53.8 cm³/mol. The van der Waals surface area contributed by atoms with Gasteiger partial charge < -0.3 is 10.0 Å². The average Bonchev–Trinajstić information content (AvgIpc) is 2.27. The molecular formula is C10H12N2O3. The largest absolute Gasteiger partial charge is 0.478 e. The smallest absolute Gasteiger partial charge is 0.338 e. The van der Waals surface area contributed by atoms with E-state index in [-0.39, 0.29) is 17.0 Å². The minimum atomic E-state index is -1.14. The number of aromatic carboxylic acids is 1. The molecule has 0 unspecified atom stereocenters. The van der Waals surface area contributed by atoms with Gasteiger partial charge in [0.1, 0.15) is 0 Å². The van der Waals surface area contributed by atoms with Gasteiger partial charge in [-0.25, -0.2) is 4.79 Å². The Balaban J connectivity index is 3.13. The standard InChI is InChI=1S/C10H12N2O3/c1-3-12(2)9(13)7-4-5-11-6-8(7)10(14)15/h4-6H,3H2,1-2H3,(H,14,15). The van der Waals surface area contributed by atoms with Crippen LogP contribution in [-0.4, -0.2) is 40.5 Å². The first kappa shape index (κ1) is 11.2. The number of rotatable bonds is 3. The van der Waals surface area contributed by atoms with Gasteiger partial charge in [-0.1, -0.05) is 0 Å². The lowest BCUT2D eigenvalue weighted by Gasteiger charge is -2.15. The van der Waals surface area contributed by atoms with Crippen molar-refractivity contribution in [3.63, 3.8) is 0 Å². The maximum Gasteiger partial charge on any atom is 0.338 e. The summed E-state index contributed by atoms with van der Waals surface area (Å²) >= 11 is 0. The molecule has 0 aromatic carbocycles. The molecule has 0 bridgehead atoms. The van der Waals surface area contributed by atoms with E-state index in [4.69, 9.17) is 5.11 Å². The van der Waals surface area contributed by atoms with Crippen LogP contribution in [0.1, 0.15) is 27.6 Å². The maximum absolute atomic E-state index is 11.7. The molecule has 80 valence electrons. The quantitative estimate of drug-likeness (QED) is 0.800. The van der Waals surface area contributed by atoms with Crippen LogP contribution in [0.5, 0.6) is 0 Å². The third-order valence-electron chi connectivity index (χ3n) is 2.10. The molecule has 1 N–H and O–H groups in total. The number of nitrogens with zero attached hydrogens (tertiary/aromatic N) is 2. The van der Waals surface area contributed by atoms with Crippen molar-refractivity contribution in [2.24, 2.45) is 0 Å². The Morgan fingerprint density at radius 2 is 2.13 bits per heavy atom. The zero-order chi connectivity index (χ0) is 11.4. The summed E-state index contributed by atoms with van der Waals surface area (Å²) in [6.45, 7) is 2.35. The lowest BCUT2D eigenvalue weighted by molar-refractivity contribution is 0.0682. The van der Waals surface area contributed by atoms with Crippen LogP contribution in [0.3, 0.4) is 0 Å². The maximum atomic E-state index is 11.7. The Kier molecular flexibility index (Phi) is 3.38. The molecule has 0 radical (unpaired) electrons. The molecule has 0 atom stereocenters. The number of carboxylic acids is 1. The molecule has 0 aliphatic carbocycles. The summed E-state index contributed by atoms with van der Waals surface area (Å²) in [5.41, 5.74) is 0.102. The van der Waals surface area contributed by atoms with E-state index in [1.165, 1.54) is 23.4 Å². The first-order valence-electron chi connectivity index (χ1n) is 4.50. The Bertz CT molecular complexity index is 390. The number of hydrogen-bond acceptors (Lipinski definition) is 3. The number of pyridine rings is 1. The monoisotopic (exact) mass is 208 g/mol. The van der Waals surface area contributed by atoms with E-state index in [9.17, 15) is 9.59 Å². The van der Waals surface area contributed by atoms with Gasteiger partial charge in [0.2, 0.25) is 0 Å². The van der Waals surface area contributed by atoms with Crippen LogP contribution in [0.2, 0.25) is 0 Å². The molecule has 1 aromatic heterocycles. The fraction of sp³-hybridized carbons (Fsp3) is 0.300. The van der Waals surface area contributed by atoms with Gasteiger partial charge >= 0.3 is 5.97 Å². The molecule has 0 saturated heterocycles. The summed E-state index contributed by atoms with van der Waals surface area (Å²) in [4.78, 5) is 27.7. The van der Waals surface area contributed by atoms with Crippen molar-refractivity contribution in [2.75, 3.05) is 13.6 Å². The number of aromatic nitrogens is 1. The van der Waals surface area contributed by atoms with Gasteiger partial charge in [-0.2, -0.15) is 0 Å². The highest BCUT2D eigenvalue weighted by molar-refractivity contribution is 6.04. The molecule has 0 aliphatic rings. The van der Waals surface area contributed by atoms with E-state index < -0.39 is 5.97 Å². The van der Waals surface area contributed by atoms with Gasteiger partial charge in [0, 0.05) is 26.0 Å². The van der Waals surface area contributed by atoms with Crippen molar-refractivity contribution in [1.29, 1.82) is 0 Å². The summed E-state index contributed by atoms with van der Waals surface area (Å²) in [5, 5.41) is 8.86.